The molecule has 1 aliphatic heterocycles. The van der Waals surface area contributed by atoms with E-state index < -0.39 is 0 Å². The number of nitrogens with zero attached hydrogens (tertiary/aromatic N) is 3. The predicted molar refractivity (Wildman–Crippen MR) is 92.6 cm³/mol. The SMILES string of the molecule is c1cc(-c2ccco2)cc(-c2nccn2CCN2CCOCC2)c1. The average molecular weight is 323 g/mol. The minimum Gasteiger partial charge on any atom is -0.464 e. The zero-order chi connectivity index (χ0) is 16.2. The van der Waals surface area contributed by atoms with Crippen molar-refractivity contribution in [2.75, 3.05) is 32.8 Å². The Morgan fingerprint density at radius 3 is 2.71 bits per heavy atom. The van der Waals surface area contributed by atoms with E-state index in [-0.39, 0.29) is 0 Å². The molecule has 1 fully saturated rings. The highest BCUT2D eigenvalue weighted by Crippen LogP contribution is 2.25. The molecule has 1 aromatic carbocycles. The molecule has 1 aliphatic rings. The van der Waals surface area contributed by atoms with Crippen LogP contribution in [0.4, 0.5) is 0 Å². The molecule has 0 bridgehead atoms. The Kier molecular flexibility index (Phi) is 4.44. The van der Waals surface area contributed by atoms with Crippen LogP contribution in [-0.2, 0) is 11.3 Å². The minimum atomic E-state index is 0.835. The summed E-state index contributed by atoms with van der Waals surface area (Å²) < 4.78 is 13.1. The average Bonchev–Trinajstić information content (AvgIpc) is 3.33. The van der Waals surface area contributed by atoms with Gasteiger partial charge in [0.1, 0.15) is 11.6 Å². The van der Waals surface area contributed by atoms with Crippen LogP contribution in [0.1, 0.15) is 0 Å². The van der Waals surface area contributed by atoms with E-state index in [9.17, 15) is 0 Å². The lowest BCUT2D eigenvalue weighted by Gasteiger charge is -2.26. The van der Waals surface area contributed by atoms with Crippen molar-refractivity contribution in [3.63, 3.8) is 0 Å². The zero-order valence-corrected chi connectivity index (χ0v) is 13.6. The molecule has 0 aliphatic carbocycles. The maximum atomic E-state index is 5.50. The Morgan fingerprint density at radius 2 is 1.88 bits per heavy atom. The molecule has 0 saturated carbocycles. The van der Waals surface area contributed by atoms with Gasteiger partial charge < -0.3 is 13.7 Å². The fourth-order valence-electron chi connectivity index (χ4n) is 3.08. The molecule has 5 heteroatoms. The first-order chi connectivity index (χ1) is 11.9. The van der Waals surface area contributed by atoms with Crippen molar-refractivity contribution in [2.24, 2.45) is 0 Å². The second kappa shape index (κ2) is 7.03. The topological polar surface area (TPSA) is 43.4 Å². The van der Waals surface area contributed by atoms with Crippen LogP contribution < -0.4 is 0 Å². The summed E-state index contributed by atoms with van der Waals surface area (Å²) in [7, 11) is 0. The van der Waals surface area contributed by atoms with Crippen LogP contribution in [0.2, 0.25) is 0 Å². The van der Waals surface area contributed by atoms with Crippen molar-refractivity contribution in [1.82, 2.24) is 14.5 Å². The quantitative estimate of drug-likeness (QED) is 0.723. The van der Waals surface area contributed by atoms with Gasteiger partial charge in [0.05, 0.1) is 19.5 Å². The summed E-state index contributed by atoms with van der Waals surface area (Å²) in [5, 5.41) is 0. The van der Waals surface area contributed by atoms with Crippen LogP contribution >= 0.6 is 0 Å². The van der Waals surface area contributed by atoms with Gasteiger partial charge >= 0.3 is 0 Å². The lowest BCUT2D eigenvalue weighted by molar-refractivity contribution is 0.0364. The first kappa shape index (κ1) is 15.2. The highest BCUT2D eigenvalue weighted by molar-refractivity contribution is 5.67. The van der Waals surface area contributed by atoms with Crippen LogP contribution in [0.3, 0.4) is 0 Å². The van der Waals surface area contributed by atoms with Gasteiger partial charge in [-0.05, 0) is 18.2 Å². The minimum absolute atomic E-state index is 0.835. The molecule has 5 nitrogen and oxygen atoms in total. The third-order valence-corrected chi connectivity index (χ3v) is 4.40. The largest absolute Gasteiger partial charge is 0.464 e. The fraction of sp³-hybridized carbons (Fsp3) is 0.316. The monoisotopic (exact) mass is 323 g/mol. The molecule has 124 valence electrons. The molecular formula is C19H21N3O2. The van der Waals surface area contributed by atoms with Gasteiger partial charge in [-0.2, -0.15) is 0 Å². The van der Waals surface area contributed by atoms with Crippen LogP contribution in [0, 0.1) is 0 Å². The second-order valence-corrected chi connectivity index (χ2v) is 5.96. The number of furan rings is 1. The van der Waals surface area contributed by atoms with Crippen molar-refractivity contribution >= 4 is 0 Å². The van der Waals surface area contributed by atoms with Crippen LogP contribution in [0.5, 0.6) is 0 Å². The number of ether oxygens (including phenoxy) is 1. The molecular weight excluding hydrogens is 302 g/mol. The summed E-state index contributed by atoms with van der Waals surface area (Å²) in [5.41, 5.74) is 2.18. The van der Waals surface area contributed by atoms with Gasteiger partial charge in [0, 0.05) is 49.7 Å². The number of morpholine rings is 1. The van der Waals surface area contributed by atoms with Crippen molar-refractivity contribution in [2.45, 2.75) is 6.54 Å². The Balaban J connectivity index is 1.52. The maximum absolute atomic E-state index is 5.50. The molecule has 0 N–H and O–H groups in total. The molecule has 24 heavy (non-hydrogen) atoms. The Labute approximate surface area is 141 Å². The van der Waals surface area contributed by atoms with Crippen molar-refractivity contribution in [1.29, 1.82) is 0 Å². The molecule has 2 aromatic heterocycles. The number of hydrogen-bond acceptors (Lipinski definition) is 4. The summed E-state index contributed by atoms with van der Waals surface area (Å²) in [6.07, 6.45) is 5.62. The summed E-state index contributed by atoms with van der Waals surface area (Å²) in [4.78, 5) is 7.00. The molecule has 0 spiro atoms. The zero-order valence-electron chi connectivity index (χ0n) is 13.6. The Bertz CT molecular complexity index is 774. The van der Waals surface area contributed by atoms with Gasteiger partial charge in [0.15, 0.2) is 0 Å². The number of rotatable bonds is 5. The summed E-state index contributed by atoms with van der Waals surface area (Å²) >= 11 is 0. The normalized spacial score (nSPS) is 15.7. The van der Waals surface area contributed by atoms with Crippen molar-refractivity contribution in [3.05, 3.63) is 55.1 Å². The molecule has 3 heterocycles. The van der Waals surface area contributed by atoms with E-state index in [2.05, 4.69) is 38.8 Å². The summed E-state index contributed by atoms with van der Waals surface area (Å²) in [6.45, 7) is 5.64. The van der Waals surface area contributed by atoms with E-state index in [1.807, 2.05) is 24.4 Å². The van der Waals surface area contributed by atoms with Crippen molar-refractivity contribution < 1.29 is 9.15 Å². The fourth-order valence-corrected chi connectivity index (χ4v) is 3.08. The molecule has 0 radical (unpaired) electrons. The Hall–Kier alpha value is -2.37. The van der Waals surface area contributed by atoms with E-state index >= 15 is 0 Å². The van der Waals surface area contributed by atoms with Crippen molar-refractivity contribution in [3.8, 4) is 22.7 Å². The third-order valence-electron chi connectivity index (χ3n) is 4.40. The van der Waals surface area contributed by atoms with Gasteiger partial charge in [-0.15, -0.1) is 0 Å². The van der Waals surface area contributed by atoms with Gasteiger partial charge in [0.25, 0.3) is 0 Å². The lowest BCUT2D eigenvalue weighted by atomic mass is 10.1. The van der Waals surface area contributed by atoms with Gasteiger partial charge in [-0.3, -0.25) is 4.90 Å². The smallest absolute Gasteiger partial charge is 0.139 e. The third kappa shape index (κ3) is 3.27. The number of imidazole rings is 1. The van der Waals surface area contributed by atoms with Crippen LogP contribution in [-0.4, -0.2) is 47.3 Å². The lowest BCUT2D eigenvalue weighted by Crippen LogP contribution is -2.38. The predicted octanol–water partition coefficient (Wildman–Crippen LogP) is 3.14. The standard InChI is InChI=1S/C19H21N3O2/c1-3-16(18-5-2-12-24-18)15-17(4-1)19-20-6-7-22(19)9-8-21-10-13-23-14-11-21/h1-7,12,15H,8-11,13-14H2. The number of aromatic nitrogens is 2. The number of benzene rings is 1. The van der Waals surface area contributed by atoms with E-state index in [1.54, 1.807) is 6.26 Å². The van der Waals surface area contributed by atoms with Gasteiger partial charge in [-0.1, -0.05) is 18.2 Å². The van der Waals surface area contributed by atoms with E-state index in [4.69, 9.17) is 9.15 Å². The van der Waals surface area contributed by atoms with E-state index in [0.29, 0.717) is 0 Å². The molecule has 0 atom stereocenters. The summed E-state index contributed by atoms with van der Waals surface area (Å²) in [6, 6.07) is 12.2. The van der Waals surface area contributed by atoms with E-state index in [1.165, 1.54) is 0 Å². The molecule has 0 amide bonds. The molecule has 1 saturated heterocycles. The first-order valence-corrected chi connectivity index (χ1v) is 8.36. The molecule has 3 aromatic rings. The van der Waals surface area contributed by atoms with Gasteiger partial charge in [0.2, 0.25) is 0 Å². The Morgan fingerprint density at radius 1 is 1.00 bits per heavy atom. The van der Waals surface area contributed by atoms with Crippen LogP contribution in [0.25, 0.3) is 22.7 Å². The highest BCUT2D eigenvalue weighted by atomic mass is 16.5. The van der Waals surface area contributed by atoms with Crippen LogP contribution in [0.15, 0.2) is 59.5 Å². The summed E-state index contributed by atoms with van der Waals surface area (Å²) in [5.74, 6) is 1.87. The van der Waals surface area contributed by atoms with Gasteiger partial charge in [-0.25, -0.2) is 4.98 Å². The first-order valence-electron chi connectivity index (χ1n) is 8.36. The molecule has 4 rings (SSSR count). The maximum Gasteiger partial charge on any atom is 0.139 e. The van der Waals surface area contributed by atoms with E-state index in [0.717, 1.165) is 62.1 Å². The number of hydrogen-bond donors (Lipinski definition) is 0. The highest BCUT2D eigenvalue weighted by Gasteiger charge is 2.12. The molecule has 0 unspecified atom stereocenters. The second-order valence-electron chi connectivity index (χ2n) is 5.96.